The molecule has 8 heteroatoms. The predicted molar refractivity (Wildman–Crippen MR) is 129 cm³/mol. The van der Waals surface area contributed by atoms with Crippen molar-refractivity contribution in [2.24, 2.45) is 0 Å². The Kier molecular flexibility index (Phi) is 6.72. The van der Waals surface area contributed by atoms with E-state index in [1.807, 2.05) is 35.2 Å². The fourth-order valence-electron chi connectivity index (χ4n) is 4.86. The summed E-state index contributed by atoms with van der Waals surface area (Å²) in [6.07, 6.45) is 0.0772. The molecule has 6 nitrogen and oxygen atoms in total. The molecule has 4 heterocycles. The van der Waals surface area contributed by atoms with E-state index in [1.54, 1.807) is 18.3 Å². The van der Waals surface area contributed by atoms with E-state index in [9.17, 15) is 13.6 Å². The lowest BCUT2D eigenvalue weighted by Gasteiger charge is -2.23. The van der Waals surface area contributed by atoms with Crippen LogP contribution in [0.1, 0.15) is 70.0 Å². The van der Waals surface area contributed by atoms with Crippen molar-refractivity contribution >= 4 is 11.7 Å². The van der Waals surface area contributed by atoms with Crippen LogP contribution in [-0.4, -0.2) is 35.6 Å². The molecule has 35 heavy (non-hydrogen) atoms. The molecule has 2 aliphatic heterocycles. The van der Waals surface area contributed by atoms with Gasteiger partial charge in [-0.05, 0) is 59.5 Å². The van der Waals surface area contributed by atoms with Crippen molar-refractivity contribution in [3.8, 4) is 0 Å². The molecule has 1 fully saturated rings. The fourth-order valence-corrected chi connectivity index (χ4v) is 4.86. The zero-order valence-corrected chi connectivity index (χ0v) is 19.6. The van der Waals surface area contributed by atoms with Crippen molar-refractivity contribution in [2.75, 3.05) is 24.6 Å². The van der Waals surface area contributed by atoms with Crippen LogP contribution in [0.4, 0.5) is 14.6 Å². The van der Waals surface area contributed by atoms with Crippen LogP contribution in [0.5, 0.6) is 0 Å². The minimum atomic E-state index is -2.58. The molecule has 3 aromatic rings. The highest BCUT2D eigenvalue weighted by molar-refractivity contribution is 5.94. The van der Waals surface area contributed by atoms with Gasteiger partial charge in [-0.2, -0.15) is 0 Å². The number of benzene rings is 1. The first-order valence-electron chi connectivity index (χ1n) is 11.9. The molecular formula is C27H28F2N4O2. The average Bonchev–Trinajstić information content (AvgIpc) is 3.38. The Morgan fingerprint density at radius 1 is 1.23 bits per heavy atom. The standard InChI is InChI=1S/C27H28F2N4O2/c1-17-15-35-16-21-6-5-19(12-23(17)21)27(34)31-13-22-11-18(7-9-30-22)20-8-10-33(14-20)25-4-2-3-24(32-25)26(28)29/h2-7,9,11-12,17,20,26H,8,10,13-16H2,1H3,(H,31,34). The van der Waals surface area contributed by atoms with E-state index in [-0.39, 0.29) is 23.4 Å². The Hall–Kier alpha value is -3.39. The van der Waals surface area contributed by atoms with Crippen molar-refractivity contribution in [3.63, 3.8) is 0 Å². The maximum Gasteiger partial charge on any atom is 0.280 e. The van der Waals surface area contributed by atoms with E-state index in [0.717, 1.165) is 29.8 Å². The van der Waals surface area contributed by atoms with Crippen LogP contribution in [0, 0.1) is 0 Å². The summed E-state index contributed by atoms with van der Waals surface area (Å²) in [7, 11) is 0. The lowest BCUT2D eigenvalue weighted by molar-refractivity contribution is 0.0931. The molecule has 1 N–H and O–H groups in total. The van der Waals surface area contributed by atoms with Gasteiger partial charge in [0.05, 0.1) is 25.5 Å². The van der Waals surface area contributed by atoms with E-state index < -0.39 is 6.43 Å². The predicted octanol–water partition coefficient (Wildman–Crippen LogP) is 4.97. The second kappa shape index (κ2) is 10.1. The second-order valence-corrected chi connectivity index (χ2v) is 9.25. The number of pyridine rings is 2. The Labute approximate surface area is 203 Å². The van der Waals surface area contributed by atoms with Crippen molar-refractivity contribution in [1.29, 1.82) is 0 Å². The van der Waals surface area contributed by atoms with E-state index in [0.29, 0.717) is 37.7 Å². The van der Waals surface area contributed by atoms with Crippen molar-refractivity contribution in [2.45, 2.75) is 44.8 Å². The maximum absolute atomic E-state index is 13.0. The molecule has 1 aromatic carbocycles. The number of hydrogen-bond donors (Lipinski definition) is 1. The second-order valence-electron chi connectivity index (χ2n) is 9.25. The number of fused-ring (bicyclic) bond motifs is 1. The molecular weight excluding hydrogens is 450 g/mol. The molecule has 2 unspecified atom stereocenters. The number of ether oxygens (including phenoxy) is 1. The Morgan fingerprint density at radius 3 is 2.97 bits per heavy atom. The normalized spacial score (nSPS) is 19.6. The number of rotatable bonds is 6. The van der Waals surface area contributed by atoms with Crippen LogP contribution in [0.3, 0.4) is 0 Å². The van der Waals surface area contributed by atoms with E-state index in [1.165, 1.54) is 11.6 Å². The number of carbonyl (C=O) groups is 1. The summed E-state index contributed by atoms with van der Waals surface area (Å²) in [6.45, 7) is 5.14. The topological polar surface area (TPSA) is 67.3 Å². The van der Waals surface area contributed by atoms with Gasteiger partial charge in [0.25, 0.3) is 12.3 Å². The van der Waals surface area contributed by atoms with E-state index in [2.05, 4.69) is 22.2 Å². The van der Waals surface area contributed by atoms with Crippen molar-refractivity contribution < 1.29 is 18.3 Å². The Balaban J connectivity index is 1.22. The van der Waals surface area contributed by atoms with Gasteiger partial charge in [-0.25, -0.2) is 13.8 Å². The lowest BCUT2D eigenvalue weighted by Crippen LogP contribution is -2.24. The van der Waals surface area contributed by atoms with Crippen LogP contribution >= 0.6 is 0 Å². The summed E-state index contributed by atoms with van der Waals surface area (Å²) in [6, 6.07) is 14.5. The number of aromatic nitrogens is 2. The summed E-state index contributed by atoms with van der Waals surface area (Å²) in [5.74, 6) is 0.964. The molecule has 182 valence electrons. The number of hydrogen-bond acceptors (Lipinski definition) is 5. The summed E-state index contributed by atoms with van der Waals surface area (Å²) in [4.78, 5) is 23.4. The molecule has 0 bridgehead atoms. The third-order valence-electron chi connectivity index (χ3n) is 6.80. The zero-order valence-electron chi connectivity index (χ0n) is 19.6. The minimum Gasteiger partial charge on any atom is -0.376 e. The highest BCUT2D eigenvalue weighted by Crippen LogP contribution is 2.31. The van der Waals surface area contributed by atoms with Crippen LogP contribution in [0.25, 0.3) is 0 Å². The first-order valence-corrected chi connectivity index (χ1v) is 11.9. The number of halogens is 2. The molecule has 0 radical (unpaired) electrons. The number of alkyl halides is 2. The zero-order chi connectivity index (χ0) is 24.4. The lowest BCUT2D eigenvalue weighted by atomic mass is 9.92. The number of nitrogens with zero attached hydrogens (tertiary/aromatic N) is 3. The molecule has 5 rings (SSSR count). The summed E-state index contributed by atoms with van der Waals surface area (Å²) in [5, 5.41) is 2.98. The van der Waals surface area contributed by atoms with Gasteiger partial charge in [-0.15, -0.1) is 0 Å². The van der Waals surface area contributed by atoms with Crippen LogP contribution in [-0.2, 0) is 17.9 Å². The van der Waals surface area contributed by atoms with E-state index in [4.69, 9.17) is 4.74 Å². The summed E-state index contributed by atoms with van der Waals surface area (Å²) >= 11 is 0. The van der Waals surface area contributed by atoms with Gasteiger partial charge in [0.15, 0.2) is 0 Å². The van der Waals surface area contributed by atoms with Gasteiger partial charge in [0.1, 0.15) is 11.5 Å². The number of nitrogens with one attached hydrogen (secondary N) is 1. The highest BCUT2D eigenvalue weighted by atomic mass is 19.3. The average molecular weight is 479 g/mol. The van der Waals surface area contributed by atoms with E-state index >= 15 is 0 Å². The molecule has 2 aromatic heterocycles. The van der Waals surface area contributed by atoms with Gasteiger partial charge >= 0.3 is 0 Å². The van der Waals surface area contributed by atoms with Crippen molar-refractivity contribution in [1.82, 2.24) is 15.3 Å². The first-order chi connectivity index (χ1) is 17.0. The van der Waals surface area contributed by atoms with Gasteiger partial charge in [0.2, 0.25) is 0 Å². The molecule has 0 aliphatic carbocycles. The van der Waals surface area contributed by atoms with Crippen molar-refractivity contribution in [3.05, 3.63) is 88.4 Å². The Bertz CT molecular complexity index is 1220. The number of carbonyl (C=O) groups excluding carboxylic acids is 1. The molecule has 0 saturated carbocycles. The number of anilines is 1. The van der Waals surface area contributed by atoms with Crippen LogP contribution < -0.4 is 10.2 Å². The van der Waals surface area contributed by atoms with Gasteiger partial charge in [-0.1, -0.05) is 19.1 Å². The number of amides is 1. The Morgan fingerprint density at radius 2 is 2.11 bits per heavy atom. The maximum atomic E-state index is 13.0. The molecule has 1 amide bonds. The molecule has 0 spiro atoms. The molecule has 2 atom stereocenters. The first kappa shape index (κ1) is 23.4. The smallest absolute Gasteiger partial charge is 0.280 e. The van der Waals surface area contributed by atoms with Gasteiger partial charge in [0, 0.05) is 36.7 Å². The monoisotopic (exact) mass is 478 g/mol. The third-order valence-corrected chi connectivity index (χ3v) is 6.80. The largest absolute Gasteiger partial charge is 0.376 e. The van der Waals surface area contributed by atoms with Gasteiger partial charge < -0.3 is 15.0 Å². The van der Waals surface area contributed by atoms with Crippen LogP contribution in [0.2, 0.25) is 0 Å². The third kappa shape index (κ3) is 5.17. The summed E-state index contributed by atoms with van der Waals surface area (Å²) in [5.41, 5.74) is 4.65. The highest BCUT2D eigenvalue weighted by Gasteiger charge is 2.26. The van der Waals surface area contributed by atoms with Gasteiger partial charge in [-0.3, -0.25) is 9.78 Å². The summed E-state index contributed by atoms with van der Waals surface area (Å²) < 4.78 is 31.6. The molecule has 1 saturated heterocycles. The van der Waals surface area contributed by atoms with Crippen LogP contribution in [0.15, 0.2) is 54.7 Å². The fraction of sp³-hybridized carbons (Fsp3) is 0.370. The molecule has 2 aliphatic rings. The SMILES string of the molecule is CC1COCc2ccc(C(=O)NCc3cc(C4CCN(c5cccc(C(F)F)n5)C4)ccn3)cc21. The quantitative estimate of drug-likeness (QED) is 0.542. The minimum absolute atomic E-state index is 0.129.